The van der Waals surface area contributed by atoms with Crippen LogP contribution in [0, 0.1) is 25.7 Å². The third kappa shape index (κ3) is 4.38. The second-order valence-electron chi connectivity index (χ2n) is 4.45. The Kier molecular flexibility index (Phi) is 5.66. The van der Waals surface area contributed by atoms with Crippen LogP contribution in [0.3, 0.4) is 0 Å². The molecule has 0 saturated carbocycles. The minimum atomic E-state index is 0.119. The van der Waals surface area contributed by atoms with E-state index in [4.69, 9.17) is 5.11 Å². The molecule has 0 aliphatic rings. The normalized spacial score (nSPS) is 10.2. The first-order valence-electron chi connectivity index (χ1n) is 6.43. The van der Waals surface area contributed by atoms with Gasteiger partial charge in [-0.1, -0.05) is 11.8 Å². The number of nitrogens with zero attached hydrogens (tertiary/aromatic N) is 1. The highest BCUT2D eigenvalue weighted by molar-refractivity contribution is 7.98. The Morgan fingerprint density at radius 3 is 2.95 bits per heavy atom. The van der Waals surface area contributed by atoms with Gasteiger partial charge in [0.25, 0.3) is 0 Å². The van der Waals surface area contributed by atoms with E-state index in [2.05, 4.69) is 41.3 Å². The molecule has 4 heteroatoms. The lowest BCUT2D eigenvalue weighted by Gasteiger charge is -2.03. The predicted molar refractivity (Wildman–Crippen MR) is 86.2 cm³/mol. The smallest absolute Gasteiger partial charge is 0.0969 e. The van der Waals surface area contributed by atoms with Crippen molar-refractivity contribution in [3.8, 4) is 11.8 Å². The van der Waals surface area contributed by atoms with Crippen LogP contribution in [0.25, 0.3) is 0 Å². The molecule has 20 heavy (non-hydrogen) atoms. The summed E-state index contributed by atoms with van der Waals surface area (Å²) in [7, 11) is 0. The maximum absolute atomic E-state index is 8.76. The maximum atomic E-state index is 8.76. The highest BCUT2D eigenvalue weighted by atomic mass is 32.2. The molecule has 2 aromatic rings. The highest BCUT2D eigenvalue weighted by Gasteiger charge is 2.05. The molecular weight excluding hydrogens is 286 g/mol. The summed E-state index contributed by atoms with van der Waals surface area (Å²) in [6.45, 7) is 4.23. The number of aliphatic hydroxyl groups is 1. The third-order valence-corrected chi connectivity index (χ3v) is 4.67. The molecule has 104 valence electrons. The van der Waals surface area contributed by atoms with Gasteiger partial charge in [-0.05, 0) is 43.0 Å². The molecule has 0 fully saturated rings. The summed E-state index contributed by atoms with van der Waals surface area (Å²) >= 11 is 3.46. The zero-order valence-corrected chi connectivity index (χ0v) is 13.3. The Bertz CT molecular complexity index is 617. The lowest BCUT2D eigenvalue weighted by atomic mass is 10.2. The number of hydrogen-bond donors (Lipinski definition) is 1. The van der Waals surface area contributed by atoms with Crippen LogP contribution in [0.4, 0.5) is 0 Å². The predicted octanol–water partition coefficient (Wildman–Crippen LogP) is 3.79. The molecular formula is C16H17NOS2. The largest absolute Gasteiger partial charge is 0.395 e. The number of pyridine rings is 1. The van der Waals surface area contributed by atoms with Gasteiger partial charge in [-0.2, -0.15) is 0 Å². The lowest BCUT2D eigenvalue weighted by Crippen LogP contribution is -1.88. The summed E-state index contributed by atoms with van der Waals surface area (Å²) in [5.74, 6) is 6.98. The second-order valence-corrected chi connectivity index (χ2v) is 6.44. The molecule has 0 aliphatic heterocycles. The van der Waals surface area contributed by atoms with Crippen LogP contribution in [0.15, 0.2) is 28.6 Å². The summed E-state index contributed by atoms with van der Waals surface area (Å²) in [5, 5.41) is 11.9. The molecule has 2 heterocycles. The first-order valence-corrected chi connectivity index (χ1v) is 8.30. The Morgan fingerprint density at radius 2 is 2.20 bits per heavy atom. The van der Waals surface area contributed by atoms with Crippen molar-refractivity contribution >= 4 is 23.1 Å². The van der Waals surface area contributed by atoms with E-state index in [9.17, 15) is 0 Å². The van der Waals surface area contributed by atoms with Crippen LogP contribution in [0.2, 0.25) is 0 Å². The number of hydrogen-bond acceptors (Lipinski definition) is 4. The van der Waals surface area contributed by atoms with Crippen LogP contribution in [-0.2, 0) is 5.75 Å². The van der Waals surface area contributed by atoms with E-state index < -0.39 is 0 Å². The van der Waals surface area contributed by atoms with Crippen molar-refractivity contribution in [1.82, 2.24) is 4.98 Å². The summed E-state index contributed by atoms with van der Waals surface area (Å²) in [5.41, 5.74) is 3.37. The van der Waals surface area contributed by atoms with Crippen molar-refractivity contribution < 1.29 is 5.11 Å². The molecule has 0 radical (unpaired) electrons. The van der Waals surface area contributed by atoms with Crippen molar-refractivity contribution in [1.29, 1.82) is 0 Å². The van der Waals surface area contributed by atoms with E-state index in [1.165, 1.54) is 10.4 Å². The summed E-state index contributed by atoms with van der Waals surface area (Å²) < 4.78 is 0. The highest BCUT2D eigenvalue weighted by Crippen LogP contribution is 2.27. The van der Waals surface area contributed by atoms with Crippen molar-refractivity contribution in [2.24, 2.45) is 0 Å². The van der Waals surface area contributed by atoms with Gasteiger partial charge < -0.3 is 5.11 Å². The fourth-order valence-corrected chi connectivity index (χ4v) is 3.77. The summed E-state index contributed by atoms with van der Waals surface area (Å²) in [4.78, 5) is 5.80. The molecule has 1 N–H and O–H groups in total. The lowest BCUT2D eigenvalue weighted by molar-refractivity contribution is 0.305. The minimum Gasteiger partial charge on any atom is -0.395 e. The van der Waals surface area contributed by atoms with Gasteiger partial charge in [0.2, 0.25) is 0 Å². The number of aromatic nitrogens is 1. The van der Waals surface area contributed by atoms with Gasteiger partial charge in [0, 0.05) is 28.3 Å². The molecule has 0 atom stereocenters. The molecule has 0 unspecified atom stereocenters. The van der Waals surface area contributed by atoms with E-state index in [1.807, 2.05) is 13.0 Å². The van der Waals surface area contributed by atoms with Crippen LogP contribution in [0.5, 0.6) is 0 Å². The molecule has 2 nitrogen and oxygen atoms in total. The summed E-state index contributed by atoms with van der Waals surface area (Å²) in [6.07, 6.45) is 0.529. The molecule has 0 amide bonds. The number of thiophene rings is 1. The summed E-state index contributed by atoms with van der Waals surface area (Å²) in [6, 6.07) is 6.24. The van der Waals surface area contributed by atoms with E-state index in [0.717, 1.165) is 22.0 Å². The number of thioether (sulfide) groups is 1. The number of aryl methyl sites for hydroxylation is 2. The minimum absolute atomic E-state index is 0.119. The van der Waals surface area contributed by atoms with Crippen molar-refractivity contribution in [3.63, 3.8) is 0 Å². The molecule has 2 aromatic heterocycles. The Hall–Kier alpha value is -1.28. The van der Waals surface area contributed by atoms with Gasteiger partial charge in [0.15, 0.2) is 0 Å². The van der Waals surface area contributed by atoms with Crippen LogP contribution in [-0.4, -0.2) is 16.7 Å². The first-order chi connectivity index (χ1) is 9.69. The maximum Gasteiger partial charge on any atom is 0.0969 e. The first kappa shape index (κ1) is 15.1. The molecule has 0 aromatic carbocycles. The van der Waals surface area contributed by atoms with E-state index in [0.29, 0.717) is 6.42 Å². The molecule has 0 bridgehead atoms. The average molecular weight is 303 g/mol. The average Bonchev–Trinajstić information content (AvgIpc) is 2.83. The zero-order chi connectivity index (χ0) is 14.4. The van der Waals surface area contributed by atoms with Crippen molar-refractivity contribution in [2.75, 3.05) is 6.61 Å². The number of aliphatic hydroxyl groups excluding tert-OH is 1. The zero-order valence-electron chi connectivity index (χ0n) is 11.6. The fraction of sp³-hybridized carbons (Fsp3) is 0.312. The third-order valence-electron chi connectivity index (χ3n) is 2.63. The van der Waals surface area contributed by atoms with Gasteiger partial charge in [0.1, 0.15) is 0 Å². The van der Waals surface area contributed by atoms with Gasteiger partial charge in [-0.25, -0.2) is 4.98 Å². The van der Waals surface area contributed by atoms with Gasteiger partial charge >= 0.3 is 0 Å². The van der Waals surface area contributed by atoms with E-state index in [1.54, 1.807) is 23.1 Å². The monoisotopic (exact) mass is 303 g/mol. The molecule has 0 spiro atoms. The Morgan fingerprint density at radius 1 is 1.35 bits per heavy atom. The van der Waals surface area contributed by atoms with Gasteiger partial charge in [-0.15, -0.1) is 23.1 Å². The van der Waals surface area contributed by atoms with Crippen LogP contribution >= 0.6 is 23.1 Å². The Balaban J connectivity index is 2.04. The molecule has 0 aliphatic carbocycles. The molecule has 0 saturated heterocycles. The van der Waals surface area contributed by atoms with Crippen molar-refractivity contribution in [3.05, 3.63) is 45.3 Å². The topological polar surface area (TPSA) is 33.1 Å². The van der Waals surface area contributed by atoms with E-state index in [-0.39, 0.29) is 6.61 Å². The van der Waals surface area contributed by atoms with Crippen LogP contribution in [0.1, 0.15) is 28.1 Å². The van der Waals surface area contributed by atoms with Crippen molar-refractivity contribution in [2.45, 2.75) is 31.0 Å². The quantitative estimate of drug-likeness (QED) is 0.689. The SMILES string of the molecule is Cc1cc(C)nc(SCc2sccc2C#CCCO)c1. The van der Waals surface area contributed by atoms with E-state index >= 15 is 0 Å². The van der Waals surface area contributed by atoms with Gasteiger partial charge in [-0.3, -0.25) is 0 Å². The molecule has 2 rings (SSSR count). The fourth-order valence-electron chi connectivity index (χ4n) is 1.80. The van der Waals surface area contributed by atoms with Gasteiger partial charge in [0.05, 0.1) is 11.6 Å². The number of rotatable bonds is 4. The standard InChI is InChI=1S/C16H17NOS2/c1-12-9-13(2)17-16(10-12)20-11-15-14(6-8-19-15)5-3-4-7-18/h6,8-10,18H,4,7,11H2,1-2H3. The Labute approximate surface area is 128 Å². The second kappa shape index (κ2) is 7.49. The van der Waals surface area contributed by atoms with Crippen LogP contribution < -0.4 is 0 Å².